The number of nitrogens with one attached hydrogen (secondary N) is 1. The maximum Gasteiger partial charge on any atom is 0.138 e. The van der Waals surface area contributed by atoms with Crippen LogP contribution in [0.15, 0.2) is 18.2 Å². The van der Waals surface area contributed by atoms with Crippen molar-refractivity contribution < 1.29 is 4.39 Å². The van der Waals surface area contributed by atoms with Crippen molar-refractivity contribution in [1.29, 1.82) is 0 Å². The van der Waals surface area contributed by atoms with Gasteiger partial charge < -0.3 is 4.98 Å². The van der Waals surface area contributed by atoms with Crippen LogP contribution in [0, 0.1) is 25.9 Å². The van der Waals surface area contributed by atoms with Crippen molar-refractivity contribution in [2.75, 3.05) is 0 Å². The van der Waals surface area contributed by atoms with Crippen LogP contribution in [-0.4, -0.2) is 9.97 Å². The second-order valence-electron chi connectivity index (χ2n) is 3.29. The van der Waals surface area contributed by atoms with Gasteiger partial charge in [0.1, 0.15) is 17.8 Å². The Balaban J connectivity index is 2.47. The summed E-state index contributed by atoms with van der Waals surface area (Å²) in [5.41, 5.74) is 2.24. The molecule has 0 amide bonds. The van der Waals surface area contributed by atoms with Crippen LogP contribution >= 0.6 is 0 Å². The zero-order valence-corrected chi connectivity index (χ0v) is 8.06. The van der Waals surface area contributed by atoms with Crippen LogP contribution in [0.25, 0.3) is 11.4 Å². The standard InChI is InChI=1S/C11H10FN2/c1-7-3-4-9(5-10(7)12)11-13-6-8(2)14-11/h3-5H,1-2H3,(H,13,14). The van der Waals surface area contributed by atoms with Gasteiger partial charge in [-0.2, -0.15) is 0 Å². The molecule has 71 valence electrons. The fraction of sp³-hybridized carbons (Fsp3) is 0.182. The number of nitrogens with zero attached hydrogens (tertiary/aromatic N) is 1. The predicted octanol–water partition coefficient (Wildman–Crippen LogP) is 2.63. The third-order valence-corrected chi connectivity index (χ3v) is 2.09. The summed E-state index contributed by atoms with van der Waals surface area (Å²) < 4.78 is 13.2. The minimum atomic E-state index is -0.212. The second kappa shape index (κ2) is 3.25. The zero-order chi connectivity index (χ0) is 10.1. The van der Waals surface area contributed by atoms with Crippen molar-refractivity contribution in [3.05, 3.63) is 41.5 Å². The maximum atomic E-state index is 13.2. The Kier molecular flexibility index (Phi) is 2.08. The van der Waals surface area contributed by atoms with Gasteiger partial charge in [0.2, 0.25) is 0 Å². The van der Waals surface area contributed by atoms with Gasteiger partial charge in [0.05, 0.1) is 0 Å². The normalized spacial score (nSPS) is 10.5. The van der Waals surface area contributed by atoms with Crippen LogP contribution in [0.2, 0.25) is 0 Å². The van der Waals surface area contributed by atoms with Crippen LogP contribution in [0.5, 0.6) is 0 Å². The van der Waals surface area contributed by atoms with Gasteiger partial charge in [-0.3, -0.25) is 0 Å². The molecule has 0 aliphatic heterocycles. The first-order chi connectivity index (χ1) is 6.66. The molecule has 2 rings (SSSR count). The highest BCUT2D eigenvalue weighted by Gasteiger charge is 2.04. The number of aryl methyl sites for hydroxylation is 2. The first-order valence-electron chi connectivity index (χ1n) is 4.37. The Morgan fingerprint density at radius 2 is 2.14 bits per heavy atom. The third-order valence-electron chi connectivity index (χ3n) is 2.09. The average Bonchev–Trinajstić information content (AvgIpc) is 2.57. The van der Waals surface area contributed by atoms with Gasteiger partial charge in [0, 0.05) is 11.3 Å². The monoisotopic (exact) mass is 189 g/mol. The molecule has 1 radical (unpaired) electrons. The topological polar surface area (TPSA) is 28.7 Å². The van der Waals surface area contributed by atoms with E-state index in [9.17, 15) is 4.39 Å². The number of aromatic nitrogens is 2. The number of H-pyrrole nitrogens is 1. The Morgan fingerprint density at radius 3 is 2.71 bits per heavy atom. The Labute approximate surface area is 81.8 Å². The third kappa shape index (κ3) is 1.53. The molecule has 1 aromatic carbocycles. The van der Waals surface area contributed by atoms with E-state index >= 15 is 0 Å². The molecule has 0 aliphatic carbocycles. The van der Waals surface area contributed by atoms with Gasteiger partial charge in [-0.25, -0.2) is 9.37 Å². The van der Waals surface area contributed by atoms with E-state index in [1.54, 1.807) is 13.0 Å². The molecule has 0 unspecified atom stereocenters. The molecule has 2 aromatic rings. The number of rotatable bonds is 1. The van der Waals surface area contributed by atoms with Crippen LogP contribution < -0.4 is 0 Å². The summed E-state index contributed by atoms with van der Waals surface area (Å²) in [5, 5.41) is 0. The van der Waals surface area contributed by atoms with Gasteiger partial charge >= 0.3 is 0 Å². The molecule has 0 atom stereocenters. The number of benzene rings is 1. The van der Waals surface area contributed by atoms with E-state index in [1.807, 2.05) is 13.0 Å². The molecule has 0 spiro atoms. The van der Waals surface area contributed by atoms with Gasteiger partial charge in [0.15, 0.2) is 0 Å². The number of halogens is 1. The number of hydrogen-bond donors (Lipinski definition) is 1. The average molecular weight is 189 g/mol. The van der Waals surface area contributed by atoms with E-state index in [0.717, 1.165) is 11.3 Å². The number of hydrogen-bond acceptors (Lipinski definition) is 1. The van der Waals surface area contributed by atoms with Crippen molar-refractivity contribution >= 4 is 0 Å². The number of imidazole rings is 1. The van der Waals surface area contributed by atoms with Gasteiger partial charge in [0.25, 0.3) is 0 Å². The molecule has 0 saturated heterocycles. The highest BCUT2D eigenvalue weighted by molar-refractivity contribution is 5.55. The van der Waals surface area contributed by atoms with E-state index in [2.05, 4.69) is 16.2 Å². The van der Waals surface area contributed by atoms with Gasteiger partial charge in [-0.1, -0.05) is 12.1 Å². The minimum Gasteiger partial charge on any atom is -0.341 e. The lowest BCUT2D eigenvalue weighted by Crippen LogP contribution is -1.85. The Bertz CT molecular complexity index is 460. The van der Waals surface area contributed by atoms with Crippen LogP contribution in [0.1, 0.15) is 11.3 Å². The zero-order valence-electron chi connectivity index (χ0n) is 8.06. The molecule has 0 bridgehead atoms. The van der Waals surface area contributed by atoms with Crippen LogP contribution in [0.4, 0.5) is 4.39 Å². The largest absolute Gasteiger partial charge is 0.341 e. The first kappa shape index (κ1) is 8.94. The molecule has 1 N–H and O–H groups in total. The maximum absolute atomic E-state index is 13.2. The van der Waals surface area contributed by atoms with Crippen molar-refractivity contribution in [3.8, 4) is 11.4 Å². The Hall–Kier alpha value is -1.64. The summed E-state index contributed by atoms with van der Waals surface area (Å²) in [6, 6.07) is 5.05. The Morgan fingerprint density at radius 1 is 1.36 bits per heavy atom. The lowest BCUT2D eigenvalue weighted by molar-refractivity contribution is 0.619. The fourth-order valence-electron chi connectivity index (χ4n) is 1.25. The van der Waals surface area contributed by atoms with E-state index < -0.39 is 0 Å². The lowest BCUT2D eigenvalue weighted by atomic mass is 10.1. The van der Waals surface area contributed by atoms with Crippen LogP contribution in [0.3, 0.4) is 0 Å². The van der Waals surface area contributed by atoms with Gasteiger partial charge in [-0.05, 0) is 25.5 Å². The highest BCUT2D eigenvalue weighted by atomic mass is 19.1. The lowest BCUT2D eigenvalue weighted by Gasteiger charge is -1.99. The molecule has 1 heterocycles. The molecule has 0 aliphatic rings. The first-order valence-corrected chi connectivity index (χ1v) is 4.37. The minimum absolute atomic E-state index is 0.212. The van der Waals surface area contributed by atoms with Crippen molar-refractivity contribution in [1.82, 2.24) is 9.97 Å². The van der Waals surface area contributed by atoms with Crippen molar-refractivity contribution in [3.63, 3.8) is 0 Å². The van der Waals surface area contributed by atoms with E-state index in [0.29, 0.717) is 11.4 Å². The summed E-state index contributed by atoms with van der Waals surface area (Å²) in [4.78, 5) is 7.02. The summed E-state index contributed by atoms with van der Waals surface area (Å²) in [6.45, 7) is 3.60. The summed E-state index contributed by atoms with van der Waals surface area (Å²) in [6.07, 6.45) is 2.77. The summed E-state index contributed by atoms with van der Waals surface area (Å²) in [5.74, 6) is 0.443. The van der Waals surface area contributed by atoms with E-state index in [1.165, 1.54) is 6.07 Å². The molecule has 0 saturated carbocycles. The molecular formula is C11H10FN2. The fourth-order valence-corrected chi connectivity index (χ4v) is 1.25. The van der Waals surface area contributed by atoms with Crippen LogP contribution in [-0.2, 0) is 0 Å². The summed E-state index contributed by atoms with van der Waals surface area (Å²) >= 11 is 0. The smallest absolute Gasteiger partial charge is 0.138 e. The molecule has 0 fully saturated rings. The predicted molar refractivity (Wildman–Crippen MR) is 52.3 cm³/mol. The number of aromatic amines is 1. The van der Waals surface area contributed by atoms with Crippen molar-refractivity contribution in [2.24, 2.45) is 0 Å². The highest BCUT2D eigenvalue weighted by Crippen LogP contribution is 2.18. The van der Waals surface area contributed by atoms with E-state index in [4.69, 9.17) is 0 Å². The molecule has 1 aromatic heterocycles. The second-order valence-corrected chi connectivity index (χ2v) is 3.29. The summed E-state index contributed by atoms with van der Waals surface area (Å²) in [7, 11) is 0. The van der Waals surface area contributed by atoms with Crippen molar-refractivity contribution in [2.45, 2.75) is 13.8 Å². The quantitative estimate of drug-likeness (QED) is 0.734. The molecule has 14 heavy (non-hydrogen) atoms. The SMILES string of the molecule is Cc1[c]nc(-c2ccc(C)c(F)c2)[nH]1. The van der Waals surface area contributed by atoms with E-state index in [-0.39, 0.29) is 5.82 Å². The van der Waals surface area contributed by atoms with Gasteiger partial charge in [-0.15, -0.1) is 0 Å². The molecule has 3 heteroatoms. The molecular weight excluding hydrogens is 179 g/mol. The molecule has 2 nitrogen and oxygen atoms in total.